The molecule has 2 atom stereocenters. The van der Waals surface area contributed by atoms with Gasteiger partial charge in [0, 0.05) is 16.7 Å². The van der Waals surface area contributed by atoms with Crippen molar-refractivity contribution in [2.24, 2.45) is 0 Å². The van der Waals surface area contributed by atoms with Gasteiger partial charge in [-0.15, -0.1) is 0 Å². The standard InChI is InChI=1S/C21H29NO2/c1-14-16(15-10-7-6-8-11-15)17(19(24)18(14)23)22-20(2,3)12-9-13-21(22,4)5/h6-8,10-11,17,19,24H,9,12-13H2,1-5H3. The molecule has 0 aromatic heterocycles. The fourth-order valence-electron chi connectivity index (χ4n) is 4.92. The smallest absolute Gasteiger partial charge is 0.189 e. The number of nitrogens with zero attached hydrogens (tertiary/aromatic N) is 1. The molecule has 1 fully saturated rings. The van der Waals surface area contributed by atoms with Crippen molar-refractivity contribution in [1.29, 1.82) is 0 Å². The lowest BCUT2D eigenvalue weighted by molar-refractivity contribution is -0.129. The maximum Gasteiger partial charge on any atom is 0.189 e. The quantitative estimate of drug-likeness (QED) is 0.898. The number of carbonyl (C=O) groups excluding carboxylic acids is 1. The van der Waals surface area contributed by atoms with Crippen molar-refractivity contribution in [3.63, 3.8) is 0 Å². The zero-order chi connectivity index (χ0) is 17.7. The van der Waals surface area contributed by atoms with Gasteiger partial charge in [-0.2, -0.15) is 0 Å². The summed E-state index contributed by atoms with van der Waals surface area (Å²) in [5, 5.41) is 10.8. The largest absolute Gasteiger partial charge is 0.383 e. The monoisotopic (exact) mass is 327 g/mol. The van der Waals surface area contributed by atoms with Crippen LogP contribution in [0, 0.1) is 0 Å². The predicted octanol–water partition coefficient (Wildman–Crippen LogP) is 3.82. The summed E-state index contributed by atoms with van der Waals surface area (Å²) < 4.78 is 0. The van der Waals surface area contributed by atoms with Gasteiger partial charge in [-0.25, -0.2) is 0 Å². The Bertz CT molecular complexity index is 656. The average Bonchev–Trinajstić information content (AvgIpc) is 2.71. The highest BCUT2D eigenvalue weighted by Gasteiger charge is 2.52. The van der Waals surface area contributed by atoms with Crippen molar-refractivity contribution in [2.45, 2.75) is 77.1 Å². The van der Waals surface area contributed by atoms with E-state index in [4.69, 9.17) is 0 Å². The van der Waals surface area contributed by atoms with Gasteiger partial charge in [0.25, 0.3) is 0 Å². The number of rotatable bonds is 2. The summed E-state index contributed by atoms with van der Waals surface area (Å²) in [5.41, 5.74) is 2.63. The lowest BCUT2D eigenvalue weighted by atomic mass is 9.76. The molecule has 0 bridgehead atoms. The highest BCUT2D eigenvalue weighted by atomic mass is 16.3. The molecule has 0 spiro atoms. The minimum Gasteiger partial charge on any atom is -0.383 e. The Morgan fingerprint density at radius 3 is 2.12 bits per heavy atom. The second-order valence-electron chi connectivity index (χ2n) is 8.51. The molecule has 1 N–H and O–H groups in total. The Balaban J connectivity index is 2.15. The van der Waals surface area contributed by atoms with E-state index in [-0.39, 0.29) is 22.9 Å². The minimum atomic E-state index is -0.975. The van der Waals surface area contributed by atoms with Gasteiger partial charge < -0.3 is 5.11 Å². The lowest BCUT2D eigenvalue weighted by Gasteiger charge is -2.56. The van der Waals surface area contributed by atoms with Gasteiger partial charge in [0.05, 0.1) is 6.04 Å². The second-order valence-corrected chi connectivity index (χ2v) is 8.51. The van der Waals surface area contributed by atoms with Crippen LogP contribution in [0.1, 0.15) is 59.4 Å². The number of carbonyl (C=O) groups is 1. The summed E-state index contributed by atoms with van der Waals surface area (Å²) in [6.07, 6.45) is 2.36. The number of hydrogen-bond acceptors (Lipinski definition) is 3. The van der Waals surface area contributed by atoms with Crippen LogP contribution in [0.4, 0.5) is 0 Å². The van der Waals surface area contributed by atoms with Crippen LogP contribution in [0.15, 0.2) is 35.9 Å². The SMILES string of the molecule is CC1=C(c2ccccc2)C(N2C(C)(C)CCCC2(C)C)C(O)C1=O. The molecule has 3 nitrogen and oxygen atoms in total. The third-order valence-electron chi connectivity index (χ3n) is 5.88. The molecule has 3 rings (SSSR count). The Morgan fingerprint density at radius 2 is 1.58 bits per heavy atom. The number of piperidine rings is 1. The van der Waals surface area contributed by atoms with E-state index in [1.807, 2.05) is 37.3 Å². The normalized spacial score (nSPS) is 30.0. The predicted molar refractivity (Wildman–Crippen MR) is 97.7 cm³/mol. The number of aliphatic hydroxyl groups excluding tert-OH is 1. The summed E-state index contributed by atoms with van der Waals surface area (Å²) in [4.78, 5) is 15.0. The molecule has 2 unspecified atom stereocenters. The number of likely N-dealkylation sites (tertiary alicyclic amines) is 1. The Morgan fingerprint density at radius 1 is 1.04 bits per heavy atom. The van der Waals surface area contributed by atoms with Crippen molar-refractivity contribution < 1.29 is 9.90 Å². The second kappa shape index (κ2) is 5.82. The fraction of sp³-hybridized carbons (Fsp3) is 0.571. The minimum absolute atomic E-state index is 0.0572. The topological polar surface area (TPSA) is 40.5 Å². The van der Waals surface area contributed by atoms with E-state index in [2.05, 4.69) is 32.6 Å². The fourth-order valence-corrected chi connectivity index (χ4v) is 4.92. The van der Waals surface area contributed by atoms with Crippen LogP contribution in [0.2, 0.25) is 0 Å². The highest BCUT2D eigenvalue weighted by molar-refractivity contribution is 6.11. The lowest BCUT2D eigenvalue weighted by Crippen LogP contribution is -2.64. The third kappa shape index (κ3) is 2.64. The van der Waals surface area contributed by atoms with Crippen LogP contribution in [-0.2, 0) is 4.79 Å². The van der Waals surface area contributed by atoms with Gasteiger partial charge in [-0.1, -0.05) is 30.3 Å². The Kier molecular flexibility index (Phi) is 4.21. The molecule has 1 aliphatic heterocycles. The van der Waals surface area contributed by atoms with Crippen molar-refractivity contribution in [3.05, 3.63) is 41.5 Å². The van der Waals surface area contributed by atoms with Crippen LogP contribution in [-0.4, -0.2) is 39.0 Å². The number of benzene rings is 1. The van der Waals surface area contributed by atoms with Gasteiger partial charge in [0.1, 0.15) is 6.10 Å². The number of hydrogen-bond donors (Lipinski definition) is 1. The molecule has 1 aromatic carbocycles. The molecule has 2 aliphatic rings. The first kappa shape index (κ1) is 17.4. The number of ketones is 1. The summed E-state index contributed by atoms with van der Waals surface area (Å²) in [6, 6.07) is 9.78. The van der Waals surface area contributed by atoms with E-state index in [1.54, 1.807) is 0 Å². The molecule has 1 aromatic rings. The van der Waals surface area contributed by atoms with Gasteiger partial charge in [-0.3, -0.25) is 9.69 Å². The van der Waals surface area contributed by atoms with Crippen LogP contribution in [0.3, 0.4) is 0 Å². The molecule has 130 valence electrons. The molecule has 24 heavy (non-hydrogen) atoms. The first-order valence-electron chi connectivity index (χ1n) is 8.95. The molecule has 1 aliphatic carbocycles. The first-order chi connectivity index (χ1) is 11.2. The first-order valence-corrected chi connectivity index (χ1v) is 8.95. The van der Waals surface area contributed by atoms with Crippen LogP contribution in [0.5, 0.6) is 0 Å². The van der Waals surface area contributed by atoms with Crippen molar-refractivity contribution in [1.82, 2.24) is 4.90 Å². The molecule has 0 radical (unpaired) electrons. The average molecular weight is 327 g/mol. The Hall–Kier alpha value is -1.45. The summed E-state index contributed by atoms with van der Waals surface area (Å²) >= 11 is 0. The molecule has 0 saturated carbocycles. The molecule has 1 saturated heterocycles. The highest BCUT2D eigenvalue weighted by Crippen LogP contribution is 2.46. The van der Waals surface area contributed by atoms with Gasteiger partial charge in [0.15, 0.2) is 5.78 Å². The van der Waals surface area contributed by atoms with E-state index in [0.29, 0.717) is 5.57 Å². The van der Waals surface area contributed by atoms with E-state index < -0.39 is 6.10 Å². The molecular weight excluding hydrogens is 298 g/mol. The van der Waals surface area contributed by atoms with Gasteiger partial charge >= 0.3 is 0 Å². The van der Waals surface area contributed by atoms with E-state index in [9.17, 15) is 9.90 Å². The molecule has 0 amide bonds. The van der Waals surface area contributed by atoms with Crippen LogP contribution >= 0.6 is 0 Å². The zero-order valence-electron chi connectivity index (χ0n) is 15.5. The maximum atomic E-state index is 12.6. The van der Waals surface area contributed by atoms with Crippen molar-refractivity contribution in [2.75, 3.05) is 0 Å². The van der Waals surface area contributed by atoms with E-state index in [0.717, 1.165) is 24.0 Å². The molecular formula is C21H29NO2. The van der Waals surface area contributed by atoms with Crippen molar-refractivity contribution in [3.8, 4) is 0 Å². The number of Topliss-reactive ketones (excluding diaryl/α,β-unsaturated/α-hetero) is 1. The molecule has 1 heterocycles. The summed E-state index contributed by atoms with van der Waals surface area (Å²) in [6.45, 7) is 10.8. The Labute approximate surface area is 145 Å². The zero-order valence-corrected chi connectivity index (χ0v) is 15.5. The summed E-state index contributed by atoms with van der Waals surface area (Å²) in [5.74, 6) is -0.129. The molecule has 3 heteroatoms. The van der Waals surface area contributed by atoms with Gasteiger partial charge in [-0.05, 0) is 65.0 Å². The third-order valence-corrected chi connectivity index (χ3v) is 5.88. The van der Waals surface area contributed by atoms with Gasteiger partial charge in [0.2, 0.25) is 0 Å². The summed E-state index contributed by atoms with van der Waals surface area (Å²) in [7, 11) is 0. The van der Waals surface area contributed by atoms with E-state index >= 15 is 0 Å². The van der Waals surface area contributed by atoms with Crippen molar-refractivity contribution >= 4 is 11.4 Å². The maximum absolute atomic E-state index is 12.6. The number of aliphatic hydroxyl groups is 1. The van der Waals surface area contributed by atoms with Crippen LogP contribution in [0.25, 0.3) is 5.57 Å². The van der Waals surface area contributed by atoms with E-state index in [1.165, 1.54) is 6.42 Å². The van der Waals surface area contributed by atoms with Crippen LogP contribution < -0.4 is 0 Å².